The van der Waals surface area contributed by atoms with Crippen LogP contribution in [0.3, 0.4) is 0 Å². The maximum absolute atomic E-state index is 11.2. The maximum Gasteiger partial charge on any atom is 0.230 e. The third-order valence-corrected chi connectivity index (χ3v) is 4.17. The van der Waals surface area contributed by atoms with E-state index >= 15 is 0 Å². The first-order valence-electron chi connectivity index (χ1n) is 6.97. The van der Waals surface area contributed by atoms with Crippen LogP contribution in [-0.2, 0) is 9.59 Å². The lowest BCUT2D eigenvalue weighted by atomic mass is 9.82. The molecule has 0 atom stereocenters. The van der Waals surface area contributed by atoms with Crippen LogP contribution in [0.4, 0.5) is 0 Å². The van der Waals surface area contributed by atoms with Crippen LogP contribution in [0, 0.1) is 0 Å². The molecule has 98 valence electrons. The van der Waals surface area contributed by atoms with Crippen LogP contribution in [0.5, 0.6) is 0 Å². The van der Waals surface area contributed by atoms with E-state index in [1.165, 1.54) is 0 Å². The molecule has 0 aromatic carbocycles. The number of carbonyl (C=O) groups excluding carboxylic acids is 2. The van der Waals surface area contributed by atoms with Gasteiger partial charge in [0.25, 0.3) is 0 Å². The van der Waals surface area contributed by atoms with Crippen LogP contribution in [0.25, 0.3) is 0 Å². The van der Waals surface area contributed by atoms with E-state index in [1.807, 2.05) is 0 Å². The minimum atomic E-state index is -0.778. The molecule has 2 rings (SSSR count). The van der Waals surface area contributed by atoms with Crippen LogP contribution in [0.2, 0.25) is 0 Å². The minimum absolute atomic E-state index is 0.717. The molecule has 2 radical (unpaired) electrons. The molecule has 2 fully saturated rings. The Bertz CT molecular complexity index is 295. The van der Waals surface area contributed by atoms with Crippen LogP contribution in [-0.4, -0.2) is 23.7 Å². The monoisotopic (exact) mass is 248 g/mol. The molecule has 0 unspecified atom stereocenters. The van der Waals surface area contributed by atoms with Crippen molar-refractivity contribution in [3.8, 4) is 0 Å². The number of hydrogen-bond acceptors (Lipinski definition) is 4. The third kappa shape index (κ3) is 2.85. The summed E-state index contributed by atoms with van der Waals surface area (Å²) in [7, 11) is 0. The molecule has 4 nitrogen and oxygen atoms in total. The largest absolute Gasteiger partial charge is 0.288 e. The molecule has 0 saturated heterocycles. The third-order valence-electron chi connectivity index (χ3n) is 4.17. The van der Waals surface area contributed by atoms with Gasteiger partial charge in [0.05, 0.1) is 0 Å². The Labute approximate surface area is 108 Å². The molecular formula is C14H20N2O2. The van der Waals surface area contributed by atoms with Gasteiger partial charge in [0.1, 0.15) is 11.1 Å². The van der Waals surface area contributed by atoms with Gasteiger partial charge in [0.2, 0.25) is 12.6 Å². The van der Waals surface area contributed by atoms with Gasteiger partial charge in [0.15, 0.2) is 0 Å². The van der Waals surface area contributed by atoms with Gasteiger partial charge >= 0.3 is 0 Å². The van der Waals surface area contributed by atoms with E-state index in [0.717, 1.165) is 64.2 Å². The van der Waals surface area contributed by atoms with E-state index in [2.05, 4.69) is 22.8 Å². The summed E-state index contributed by atoms with van der Waals surface area (Å²) in [6, 6.07) is 0. The summed E-state index contributed by atoms with van der Waals surface area (Å²) >= 11 is 0. The fourth-order valence-corrected chi connectivity index (χ4v) is 2.91. The van der Waals surface area contributed by atoms with Crippen molar-refractivity contribution in [3.63, 3.8) is 0 Å². The topological polar surface area (TPSA) is 58.9 Å². The van der Waals surface area contributed by atoms with E-state index in [1.54, 1.807) is 0 Å². The van der Waals surface area contributed by atoms with Gasteiger partial charge in [-0.3, -0.25) is 9.59 Å². The summed E-state index contributed by atoms with van der Waals surface area (Å²) < 4.78 is 0. The van der Waals surface area contributed by atoms with Crippen LogP contribution >= 0.6 is 0 Å². The average Bonchev–Trinajstić information content (AvgIpc) is 2.47. The van der Waals surface area contributed by atoms with Crippen molar-refractivity contribution in [2.45, 2.75) is 75.3 Å². The Morgan fingerprint density at radius 3 is 1.22 bits per heavy atom. The molecule has 0 amide bonds. The fraction of sp³-hybridized carbons (Fsp3) is 0.857. The van der Waals surface area contributed by atoms with Gasteiger partial charge in [-0.15, -0.1) is 0 Å². The first-order chi connectivity index (χ1) is 8.74. The van der Waals surface area contributed by atoms with Crippen molar-refractivity contribution in [2.24, 2.45) is 10.2 Å². The standard InChI is InChI=1S/C14H20N2O2/c17-11-13(7-3-1-4-8-13)15-16-14(12-18)9-5-2-6-10-14/h1-10H2. The summed E-state index contributed by atoms with van der Waals surface area (Å²) in [5, 5.41) is 8.48. The summed E-state index contributed by atoms with van der Waals surface area (Å²) in [6.07, 6.45) is 13.2. The normalized spacial score (nSPS) is 26.9. The molecule has 2 aliphatic carbocycles. The highest BCUT2D eigenvalue weighted by Gasteiger charge is 2.37. The Kier molecular flexibility index (Phi) is 4.25. The predicted molar refractivity (Wildman–Crippen MR) is 67.9 cm³/mol. The number of hydrogen-bond donors (Lipinski definition) is 0. The molecule has 0 bridgehead atoms. The molecule has 0 aliphatic heterocycles. The van der Waals surface area contributed by atoms with Crippen molar-refractivity contribution in [2.75, 3.05) is 0 Å². The molecule has 2 saturated carbocycles. The van der Waals surface area contributed by atoms with Gasteiger partial charge in [-0.05, 0) is 25.7 Å². The van der Waals surface area contributed by atoms with Crippen molar-refractivity contribution in [1.29, 1.82) is 0 Å². The summed E-state index contributed by atoms with van der Waals surface area (Å²) in [6.45, 7) is 0. The quantitative estimate of drug-likeness (QED) is 0.718. The molecule has 4 heteroatoms. The number of rotatable bonds is 4. The Hall–Kier alpha value is -1.06. The zero-order chi connectivity index (χ0) is 12.9. The first-order valence-corrected chi connectivity index (χ1v) is 6.97. The highest BCUT2D eigenvalue weighted by Crippen LogP contribution is 2.34. The van der Waals surface area contributed by atoms with Gasteiger partial charge < -0.3 is 0 Å². The lowest BCUT2D eigenvalue weighted by molar-refractivity contribution is 0.311. The second-order valence-corrected chi connectivity index (χ2v) is 5.59. The number of azo groups is 1. The second kappa shape index (κ2) is 5.72. The Morgan fingerprint density at radius 2 is 0.944 bits per heavy atom. The molecule has 0 aromatic rings. The summed E-state index contributed by atoms with van der Waals surface area (Å²) in [5.74, 6) is 0. The molecular weight excluding hydrogens is 228 g/mol. The van der Waals surface area contributed by atoms with E-state index in [-0.39, 0.29) is 0 Å². The van der Waals surface area contributed by atoms with E-state index < -0.39 is 11.1 Å². The molecule has 2 aliphatic rings. The molecule has 0 heterocycles. The van der Waals surface area contributed by atoms with E-state index in [9.17, 15) is 9.59 Å². The average molecular weight is 248 g/mol. The van der Waals surface area contributed by atoms with Gasteiger partial charge in [-0.25, -0.2) is 0 Å². The van der Waals surface area contributed by atoms with Crippen LogP contribution < -0.4 is 0 Å². The highest BCUT2D eigenvalue weighted by atomic mass is 16.1. The van der Waals surface area contributed by atoms with E-state index in [4.69, 9.17) is 0 Å². The smallest absolute Gasteiger partial charge is 0.230 e. The van der Waals surface area contributed by atoms with Crippen LogP contribution in [0.15, 0.2) is 10.2 Å². The molecule has 18 heavy (non-hydrogen) atoms. The van der Waals surface area contributed by atoms with Crippen molar-refractivity contribution >= 4 is 12.6 Å². The minimum Gasteiger partial charge on any atom is -0.288 e. The van der Waals surface area contributed by atoms with Crippen molar-refractivity contribution in [1.82, 2.24) is 0 Å². The highest BCUT2D eigenvalue weighted by molar-refractivity contribution is 5.67. The summed E-state index contributed by atoms with van der Waals surface area (Å²) in [4.78, 5) is 22.3. The second-order valence-electron chi connectivity index (χ2n) is 5.59. The maximum atomic E-state index is 11.2. The lowest BCUT2D eigenvalue weighted by Gasteiger charge is -2.30. The zero-order valence-electron chi connectivity index (χ0n) is 10.8. The van der Waals surface area contributed by atoms with Crippen molar-refractivity contribution < 1.29 is 9.59 Å². The zero-order valence-corrected chi connectivity index (χ0v) is 10.8. The fourth-order valence-electron chi connectivity index (χ4n) is 2.91. The van der Waals surface area contributed by atoms with Gasteiger partial charge in [0, 0.05) is 0 Å². The lowest BCUT2D eigenvalue weighted by Crippen LogP contribution is -2.35. The van der Waals surface area contributed by atoms with Crippen LogP contribution in [0.1, 0.15) is 64.2 Å². The number of nitrogens with zero attached hydrogens (tertiary/aromatic N) is 2. The molecule has 0 N–H and O–H groups in total. The summed E-state index contributed by atoms with van der Waals surface area (Å²) in [5.41, 5.74) is -1.56. The molecule has 0 spiro atoms. The molecule has 0 aromatic heterocycles. The van der Waals surface area contributed by atoms with Crippen molar-refractivity contribution in [3.05, 3.63) is 0 Å². The van der Waals surface area contributed by atoms with Gasteiger partial charge in [-0.1, -0.05) is 38.5 Å². The van der Waals surface area contributed by atoms with Gasteiger partial charge in [-0.2, -0.15) is 10.2 Å². The Morgan fingerprint density at radius 1 is 0.611 bits per heavy atom. The Balaban J connectivity index is 2.11. The first kappa shape index (κ1) is 13.4. The van der Waals surface area contributed by atoms with E-state index in [0.29, 0.717) is 0 Å². The SMILES string of the molecule is O=[C]C1(N=NC2([C]=O)CCCCC2)CCCCC1. The predicted octanol–water partition coefficient (Wildman–Crippen LogP) is 3.06.